The first-order chi connectivity index (χ1) is 17.7. The van der Waals surface area contributed by atoms with Crippen LogP contribution in [0.5, 0.6) is 0 Å². The molecule has 3 aromatic carbocycles. The van der Waals surface area contributed by atoms with Crippen LogP contribution in [0.15, 0.2) is 54.7 Å². The number of nitrogens with one attached hydrogen (secondary N) is 1. The van der Waals surface area contributed by atoms with Gasteiger partial charge in [0.1, 0.15) is 0 Å². The number of aryl methyl sites for hydroxylation is 1. The highest BCUT2D eigenvalue weighted by Crippen LogP contribution is 2.42. The number of alkyl halides is 3. The van der Waals surface area contributed by atoms with Crippen LogP contribution in [-0.4, -0.2) is 21.6 Å². The lowest BCUT2D eigenvalue weighted by atomic mass is 9.90. The fourth-order valence-electron chi connectivity index (χ4n) is 4.17. The number of carbonyl (C=O) groups excluding carboxylic acids is 2. The number of aromatic nitrogens is 2. The number of amides is 2. The SMILES string of the molecule is Cc1ccc(-n2ncc3c(-c4cc(CNC(=O)C(C)(C)C)cc(C(N)=O)c4C(F)(F)F)cccc32)cc1Cl. The summed E-state index contributed by atoms with van der Waals surface area (Å²) in [7, 11) is 0. The van der Waals surface area contributed by atoms with Crippen LogP contribution in [0.2, 0.25) is 5.02 Å². The van der Waals surface area contributed by atoms with Crippen molar-refractivity contribution in [1.29, 1.82) is 0 Å². The van der Waals surface area contributed by atoms with Gasteiger partial charge in [-0.15, -0.1) is 0 Å². The summed E-state index contributed by atoms with van der Waals surface area (Å²) in [5.74, 6) is -1.51. The summed E-state index contributed by atoms with van der Waals surface area (Å²) in [6, 6.07) is 12.6. The Labute approximate surface area is 222 Å². The molecule has 0 aliphatic carbocycles. The summed E-state index contributed by atoms with van der Waals surface area (Å²) < 4.78 is 44.8. The molecule has 6 nitrogen and oxygen atoms in total. The first-order valence-corrected chi connectivity index (χ1v) is 12.1. The predicted molar refractivity (Wildman–Crippen MR) is 141 cm³/mol. The maximum absolute atomic E-state index is 14.4. The lowest BCUT2D eigenvalue weighted by Gasteiger charge is -2.21. The number of fused-ring (bicyclic) bond motifs is 1. The third-order valence-corrected chi connectivity index (χ3v) is 6.59. The third-order valence-electron chi connectivity index (χ3n) is 6.19. The molecule has 0 unspecified atom stereocenters. The molecule has 198 valence electrons. The van der Waals surface area contributed by atoms with Gasteiger partial charge in [-0.25, -0.2) is 4.68 Å². The summed E-state index contributed by atoms with van der Waals surface area (Å²) in [6.07, 6.45) is -3.41. The van der Waals surface area contributed by atoms with Crippen LogP contribution in [0.25, 0.3) is 27.7 Å². The van der Waals surface area contributed by atoms with Gasteiger partial charge in [0, 0.05) is 22.4 Å². The van der Waals surface area contributed by atoms with Crippen LogP contribution < -0.4 is 11.1 Å². The fourth-order valence-corrected chi connectivity index (χ4v) is 4.34. The summed E-state index contributed by atoms with van der Waals surface area (Å²) in [5.41, 5.74) is 5.22. The van der Waals surface area contributed by atoms with E-state index in [0.717, 1.165) is 11.6 Å². The van der Waals surface area contributed by atoms with E-state index in [0.29, 0.717) is 27.2 Å². The van der Waals surface area contributed by atoms with Crippen molar-refractivity contribution in [2.45, 2.75) is 40.4 Å². The van der Waals surface area contributed by atoms with E-state index in [4.69, 9.17) is 17.3 Å². The van der Waals surface area contributed by atoms with Crippen molar-refractivity contribution in [2.24, 2.45) is 11.1 Å². The number of benzene rings is 3. The molecule has 0 saturated carbocycles. The van der Waals surface area contributed by atoms with Gasteiger partial charge in [-0.2, -0.15) is 18.3 Å². The molecule has 0 saturated heterocycles. The smallest absolute Gasteiger partial charge is 0.366 e. The van der Waals surface area contributed by atoms with E-state index >= 15 is 0 Å². The van der Waals surface area contributed by atoms with Crippen LogP contribution in [0.1, 0.15) is 47.8 Å². The average molecular weight is 543 g/mol. The van der Waals surface area contributed by atoms with E-state index in [2.05, 4.69) is 10.4 Å². The van der Waals surface area contributed by atoms with Gasteiger partial charge in [-0.05, 0) is 59.5 Å². The Bertz CT molecular complexity index is 1570. The number of carbonyl (C=O) groups is 2. The zero-order valence-electron chi connectivity index (χ0n) is 21.2. The molecule has 38 heavy (non-hydrogen) atoms. The Morgan fingerprint density at radius 1 is 1.05 bits per heavy atom. The highest BCUT2D eigenvalue weighted by atomic mass is 35.5. The van der Waals surface area contributed by atoms with Crippen molar-refractivity contribution in [1.82, 2.24) is 15.1 Å². The van der Waals surface area contributed by atoms with Gasteiger partial charge >= 0.3 is 6.18 Å². The number of nitrogens with zero attached hydrogens (tertiary/aromatic N) is 2. The molecule has 2 amide bonds. The normalized spacial score (nSPS) is 12.1. The summed E-state index contributed by atoms with van der Waals surface area (Å²) in [4.78, 5) is 24.6. The molecular weight excluding hydrogens is 517 g/mol. The van der Waals surface area contributed by atoms with Gasteiger partial charge in [0.25, 0.3) is 0 Å². The van der Waals surface area contributed by atoms with E-state index in [9.17, 15) is 22.8 Å². The molecule has 0 fully saturated rings. The number of halogens is 4. The Balaban J connectivity index is 1.94. The van der Waals surface area contributed by atoms with E-state index in [1.165, 1.54) is 18.3 Å². The first-order valence-electron chi connectivity index (χ1n) is 11.7. The minimum atomic E-state index is -4.88. The maximum Gasteiger partial charge on any atom is 0.417 e. The Morgan fingerprint density at radius 3 is 2.37 bits per heavy atom. The summed E-state index contributed by atoms with van der Waals surface area (Å²) in [5, 5.41) is 8.08. The molecular formula is C28H26ClF3N4O2. The Hall–Kier alpha value is -3.85. The minimum Gasteiger partial charge on any atom is -0.366 e. The standard InChI is InChI=1S/C28H26ClF3N4O2/c1-15-8-9-17(12-22(15)29)36-23-7-5-6-18(21(23)14-35-36)19-10-16(13-34-26(38)27(2,3)4)11-20(25(33)37)24(19)28(30,31)32/h5-12,14H,13H2,1-4H3,(H2,33,37)(H,34,38). The molecule has 3 N–H and O–H groups in total. The molecule has 10 heteroatoms. The van der Waals surface area contributed by atoms with E-state index in [-0.39, 0.29) is 23.6 Å². The van der Waals surface area contributed by atoms with Crippen LogP contribution in [0.4, 0.5) is 13.2 Å². The molecule has 4 rings (SSSR count). The predicted octanol–water partition coefficient (Wildman–Crippen LogP) is 6.43. The van der Waals surface area contributed by atoms with Crippen LogP contribution in [0, 0.1) is 12.3 Å². The van der Waals surface area contributed by atoms with Crippen molar-refractivity contribution < 1.29 is 22.8 Å². The van der Waals surface area contributed by atoms with Crippen molar-refractivity contribution in [3.8, 4) is 16.8 Å². The van der Waals surface area contributed by atoms with Gasteiger partial charge in [0.05, 0.1) is 28.5 Å². The highest BCUT2D eigenvalue weighted by molar-refractivity contribution is 6.31. The minimum absolute atomic E-state index is 0.0847. The number of primary amides is 1. The number of hydrogen-bond acceptors (Lipinski definition) is 3. The molecule has 4 aromatic rings. The zero-order valence-corrected chi connectivity index (χ0v) is 22.0. The zero-order chi connectivity index (χ0) is 28.0. The van der Waals surface area contributed by atoms with Crippen molar-refractivity contribution in [2.75, 3.05) is 0 Å². The monoisotopic (exact) mass is 542 g/mol. The van der Waals surface area contributed by atoms with Crippen molar-refractivity contribution in [3.63, 3.8) is 0 Å². The largest absolute Gasteiger partial charge is 0.417 e. The number of rotatable bonds is 5. The van der Waals surface area contributed by atoms with Gasteiger partial charge < -0.3 is 11.1 Å². The van der Waals surface area contributed by atoms with E-state index < -0.39 is 28.6 Å². The Morgan fingerprint density at radius 2 is 1.76 bits per heavy atom. The fraction of sp³-hybridized carbons (Fsp3) is 0.250. The van der Waals surface area contributed by atoms with E-state index in [1.54, 1.807) is 43.7 Å². The highest BCUT2D eigenvalue weighted by Gasteiger charge is 2.39. The Kier molecular flexibility index (Phi) is 7.01. The molecule has 1 aromatic heterocycles. The quantitative estimate of drug-likeness (QED) is 0.304. The topological polar surface area (TPSA) is 90.0 Å². The van der Waals surface area contributed by atoms with Crippen molar-refractivity contribution in [3.05, 3.63) is 82.0 Å². The second kappa shape index (κ2) is 9.79. The summed E-state index contributed by atoms with van der Waals surface area (Å²) >= 11 is 6.28. The van der Waals surface area contributed by atoms with Crippen LogP contribution in [-0.2, 0) is 17.5 Å². The van der Waals surface area contributed by atoms with Gasteiger partial charge in [0.15, 0.2) is 0 Å². The number of hydrogen-bond donors (Lipinski definition) is 2. The third kappa shape index (κ3) is 5.24. The maximum atomic E-state index is 14.4. The molecule has 1 heterocycles. The van der Waals surface area contributed by atoms with Crippen LogP contribution in [0.3, 0.4) is 0 Å². The van der Waals surface area contributed by atoms with E-state index in [1.807, 2.05) is 19.1 Å². The summed E-state index contributed by atoms with van der Waals surface area (Å²) in [6.45, 7) is 6.93. The molecule has 0 bridgehead atoms. The molecule has 0 radical (unpaired) electrons. The van der Waals surface area contributed by atoms with Gasteiger partial charge in [-0.1, -0.05) is 50.6 Å². The first kappa shape index (κ1) is 27.2. The van der Waals surface area contributed by atoms with Gasteiger partial charge in [-0.3, -0.25) is 9.59 Å². The van der Waals surface area contributed by atoms with Crippen LogP contribution >= 0.6 is 11.6 Å². The number of nitrogens with two attached hydrogens (primary N) is 1. The van der Waals surface area contributed by atoms with Crippen molar-refractivity contribution >= 4 is 34.3 Å². The molecule has 0 atom stereocenters. The molecule has 0 spiro atoms. The molecule has 0 aliphatic heterocycles. The molecule has 0 aliphatic rings. The second-order valence-electron chi connectivity index (χ2n) is 10.1. The lowest BCUT2D eigenvalue weighted by molar-refractivity contribution is -0.137. The lowest BCUT2D eigenvalue weighted by Crippen LogP contribution is -2.34. The average Bonchev–Trinajstić information content (AvgIpc) is 3.26. The second-order valence-corrected chi connectivity index (χ2v) is 10.5. The van der Waals surface area contributed by atoms with Gasteiger partial charge in [0.2, 0.25) is 11.8 Å².